The van der Waals surface area contributed by atoms with Crippen LogP contribution >= 0.6 is 0 Å². The molecule has 0 aliphatic carbocycles. The second kappa shape index (κ2) is 13.2. The molecule has 2 fully saturated rings. The van der Waals surface area contributed by atoms with Gasteiger partial charge in [-0.25, -0.2) is 14.8 Å². The summed E-state index contributed by atoms with van der Waals surface area (Å²) in [4.78, 5) is 30.2. The van der Waals surface area contributed by atoms with Gasteiger partial charge in [-0.1, -0.05) is 0 Å². The molecule has 228 valence electrons. The van der Waals surface area contributed by atoms with E-state index >= 15 is 0 Å². The Morgan fingerprint density at radius 3 is 2.57 bits per heavy atom. The van der Waals surface area contributed by atoms with Gasteiger partial charge in [-0.3, -0.25) is 4.79 Å². The van der Waals surface area contributed by atoms with E-state index in [9.17, 15) is 18.0 Å². The van der Waals surface area contributed by atoms with Gasteiger partial charge in [0.15, 0.2) is 0 Å². The molecule has 10 nitrogen and oxygen atoms in total. The second-order valence-electron chi connectivity index (χ2n) is 10.7. The number of carbonyl (C=O) groups is 2. The molecule has 0 spiro atoms. The van der Waals surface area contributed by atoms with Crippen LogP contribution in [0.1, 0.15) is 43.9 Å². The molecule has 13 heteroatoms. The van der Waals surface area contributed by atoms with E-state index in [-0.39, 0.29) is 5.91 Å². The summed E-state index contributed by atoms with van der Waals surface area (Å²) in [5.41, 5.74) is 4.50. The van der Waals surface area contributed by atoms with E-state index in [1.807, 2.05) is 12.3 Å². The molecular weight excluding hydrogens is 555 g/mol. The van der Waals surface area contributed by atoms with Crippen molar-refractivity contribution in [2.24, 2.45) is 5.92 Å². The number of ether oxygens (including phenoxy) is 2. The molecule has 0 saturated carbocycles. The number of piperidine rings is 1. The fourth-order valence-corrected chi connectivity index (χ4v) is 5.37. The third-order valence-electron chi connectivity index (χ3n) is 7.64. The van der Waals surface area contributed by atoms with Crippen LogP contribution in [-0.4, -0.2) is 71.1 Å². The highest BCUT2D eigenvalue weighted by atomic mass is 19.4. The molecule has 0 unspecified atom stereocenters. The largest absolute Gasteiger partial charge is 0.490 e. The van der Waals surface area contributed by atoms with Crippen LogP contribution in [-0.2, 0) is 31.2 Å². The van der Waals surface area contributed by atoms with Gasteiger partial charge in [0.1, 0.15) is 11.4 Å². The number of amides is 1. The standard InChI is InChI=1S/C27H35N5O3.C2HF3O2/c1-18-12-23(31-25(13-18)27(34-3)7-11-35-17-27)22-16-32(10-6-20-4-8-28-9-5-20)24-15-29-26(14-21(22)24)30-19(2)33;3-2(4,5)1(6)7/h12-16,20,28H,4-11,17H2,1-3H3,(H,29,30,33);(H,6,7)/t27-;/m0./s1. The summed E-state index contributed by atoms with van der Waals surface area (Å²) in [6.07, 6.45) is 3.34. The molecule has 5 heterocycles. The first-order chi connectivity index (χ1) is 19.9. The minimum Gasteiger partial charge on any atom is -0.475 e. The number of hydrogen-bond donors (Lipinski definition) is 3. The van der Waals surface area contributed by atoms with Crippen LogP contribution in [0.15, 0.2) is 30.6 Å². The molecule has 1 amide bonds. The lowest BCUT2D eigenvalue weighted by Gasteiger charge is -2.26. The predicted molar refractivity (Wildman–Crippen MR) is 150 cm³/mol. The molecule has 0 aromatic carbocycles. The Bertz CT molecular complexity index is 1410. The van der Waals surface area contributed by atoms with Crippen LogP contribution in [0.4, 0.5) is 19.0 Å². The van der Waals surface area contributed by atoms with E-state index in [1.54, 1.807) is 7.11 Å². The predicted octanol–water partition coefficient (Wildman–Crippen LogP) is 4.65. The molecule has 3 aromatic heterocycles. The maximum absolute atomic E-state index is 11.7. The molecule has 2 aliphatic rings. The van der Waals surface area contributed by atoms with Crippen molar-refractivity contribution >= 4 is 28.6 Å². The number of aryl methyl sites for hydroxylation is 2. The van der Waals surface area contributed by atoms with Gasteiger partial charge in [0.05, 0.1) is 29.7 Å². The number of rotatable bonds is 7. The zero-order valence-corrected chi connectivity index (χ0v) is 23.9. The van der Waals surface area contributed by atoms with E-state index in [4.69, 9.17) is 24.4 Å². The molecule has 42 heavy (non-hydrogen) atoms. The maximum Gasteiger partial charge on any atom is 0.490 e. The summed E-state index contributed by atoms with van der Waals surface area (Å²) in [5.74, 6) is -1.61. The van der Waals surface area contributed by atoms with E-state index in [2.05, 4.69) is 45.4 Å². The number of fused-ring (bicyclic) bond motifs is 1. The van der Waals surface area contributed by atoms with Crippen LogP contribution in [0.2, 0.25) is 0 Å². The molecule has 0 radical (unpaired) electrons. The van der Waals surface area contributed by atoms with Crippen molar-refractivity contribution in [1.29, 1.82) is 0 Å². The topological polar surface area (TPSA) is 128 Å². The van der Waals surface area contributed by atoms with E-state index < -0.39 is 17.7 Å². The number of nitrogens with zero attached hydrogens (tertiary/aromatic N) is 3. The van der Waals surface area contributed by atoms with Crippen LogP contribution in [0.3, 0.4) is 0 Å². The fraction of sp³-hybridized carbons (Fsp3) is 0.517. The second-order valence-corrected chi connectivity index (χ2v) is 10.7. The minimum atomic E-state index is -5.08. The van der Waals surface area contributed by atoms with Crippen molar-refractivity contribution in [2.75, 3.05) is 38.7 Å². The number of carboxylic acids is 1. The molecule has 0 bridgehead atoms. The zero-order valence-electron chi connectivity index (χ0n) is 23.9. The first-order valence-electron chi connectivity index (χ1n) is 13.8. The summed E-state index contributed by atoms with van der Waals surface area (Å²) in [6, 6.07) is 6.18. The van der Waals surface area contributed by atoms with Crippen LogP contribution < -0.4 is 10.6 Å². The highest BCUT2D eigenvalue weighted by Gasteiger charge is 2.39. The van der Waals surface area contributed by atoms with Crippen molar-refractivity contribution in [3.05, 3.63) is 41.9 Å². The lowest BCUT2D eigenvalue weighted by atomic mass is 9.95. The Kier molecular flexibility index (Phi) is 9.85. The average Bonchev–Trinajstić information content (AvgIpc) is 3.57. The summed E-state index contributed by atoms with van der Waals surface area (Å²) < 4.78 is 45.7. The normalized spacial score (nSPS) is 19.4. The molecular formula is C29H36F3N5O5. The van der Waals surface area contributed by atoms with Crippen LogP contribution in [0, 0.1) is 12.8 Å². The Morgan fingerprint density at radius 1 is 1.26 bits per heavy atom. The molecule has 2 aliphatic heterocycles. The first-order valence-corrected chi connectivity index (χ1v) is 13.8. The Hall–Kier alpha value is -3.55. The molecule has 1 atom stereocenters. The smallest absolute Gasteiger partial charge is 0.475 e. The lowest BCUT2D eigenvalue weighted by molar-refractivity contribution is -0.192. The van der Waals surface area contributed by atoms with Crippen LogP contribution in [0.5, 0.6) is 0 Å². The number of anilines is 1. The van der Waals surface area contributed by atoms with Gasteiger partial charge in [0.25, 0.3) is 0 Å². The fourth-order valence-electron chi connectivity index (χ4n) is 5.37. The molecule has 2 saturated heterocycles. The average molecular weight is 592 g/mol. The zero-order chi connectivity index (χ0) is 30.5. The van der Waals surface area contributed by atoms with Crippen molar-refractivity contribution in [1.82, 2.24) is 19.9 Å². The highest BCUT2D eigenvalue weighted by molar-refractivity contribution is 5.98. The highest BCUT2D eigenvalue weighted by Crippen LogP contribution is 2.37. The summed E-state index contributed by atoms with van der Waals surface area (Å²) >= 11 is 0. The number of halogens is 3. The van der Waals surface area contributed by atoms with Crippen molar-refractivity contribution in [2.45, 2.75) is 57.9 Å². The number of pyridine rings is 2. The SMILES string of the molecule is CO[C@@]1(c2cc(C)cc(-c3cn(CCC4CCNCC4)c4cnc(NC(C)=O)cc34)n2)CCOC1.O=C(O)C(F)(F)F. The van der Waals surface area contributed by atoms with Gasteiger partial charge in [-0.15, -0.1) is 0 Å². The molecule has 3 aromatic rings. The van der Waals surface area contributed by atoms with Gasteiger partial charge in [0, 0.05) is 50.8 Å². The van der Waals surface area contributed by atoms with Crippen molar-refractivity contribution < 1.29 is 37.3 Å². The Morgan fingerprint density at radius 2 is 1.98 bits per heavy atom. The van der Waals surface area contributed by atoms with Crippen molar-refractivity contribution in [3.63, 3.8) is 0 Å². The molecule has 3 N–H and O–H groups in total. The van der Waals surface area contributed by atoms with Gasteiger partial charge >= 0.3 is 12.1 Å². The van der Waals surface area contributed by atoms with Gasteiger partial charge in [-0.05, 0) is 69.0 Å². The summed E-state index contributed by atoms with van der Waals surface area (Å²) in [7, 11) is 1.73. The number of carbonyl (C=O) groups excluding carboxylic acids is 1. The van der Waals surface area contributed by atoms with Crippen LogP contribution in [0.25, 0.3) is 22.2 Å². The third-order valence-corrected chi connectivity index (χ3v) is 7.64. The van der Waals surface area contributed by atoms with E-state index in [0.717, 1.165) is 71.8 Å². The number of hydrogen-bond acceptors (Lipinski definition) is 7. The first kappa shape index (κ1) is 31.4. The van der Waals surface area contributed by atoms with E-state index in [1.165, 1.54) is 19.8 Å². The number of nitrogens with one attached hydrogen (secondary N) is 2. The number of aliphatic carboxylic acids is 1. The van der Waals surface area contributed by atoms with Gasteiger partial charge < -0.3 is 29.8 Å². The van der Waals surface area contributed by atoms with Gasteiger partial charge in [-0.2, -0.15) is 13.2 Å². The number of carboxylic acid groups (broad SMARTS) is 1. The number of alkyl halides is 3. The Balaban J connectivity index is 0.000000517. The number of aromatic nitrogens is 3. The minimum absolute atomic E-state index is 0.136. The Labute approximate surface area is 241 Å². The molecule has 5 rings (SSSR count). The maximum atomic E-state index is 11.7. The quantitative estimate of drug-likeness (QED) is 0.363. The van der Waals surface area contributed by atoms with Gasteiger partial charge in [0.2, 0.25) is 5.91 Å². The third kappa shape index (κ3) is 7.44. The van der Waals surface area contributed by atoms with Crippen molar-refractivity contribution in [3.8, 4) is 11.3 Å². The lowest BCUT2D eigenvalue weighted by Crippen LogP contribution is -2.30. The monoisotopic (exact) mass is 591 g/mol. The summed E-state index contributed by atoms with van der Waals surface area (Å²) in [6.45, 7) is 7.90. The summed E-state index contributed by atoms with van der Waals surface area (Å²) in [5, 5.41) is 14.4. The number of methoxy groups -OCH3 is 1. The van der Waals surface area contributed by atoms with E-state index in [0.29, 0.717) is 19.0 Å².